The van der Waals surface area contributed by atoms with Gasteiger partial charge in [-0.3, -0.25) is 9.78 Å². The number of aryl methyl sites for hydroxylation is 1. The molecule has 1 saturated carbocycles. The summed E-state index contributed by atoms with van der Waals surface area (Å²) in [6, 6.07) is 4.25. The smallest absolute Gasteiger partial charge is 0.253 e. The monoisotopic (exact) mass is 275 g/mol. The van der Waals surface area contributed by atoms with Crippen molar-refractivity contribution in [3.05, 3.63) is 29.6 Å². The Kier molecular flexibility index (Phi) is 5.99. The highest BCUT2D eigenvalue weighted by molar-refractivity contribution is 5.95. The van der Waals surface area contributed by atoms with Gasteiger partial charge in [-0.15, -0.1) is 0 Å². The molecule has 0 spiro atoms. The van der Waals surface area contributed by atoms with E-state index in [-0.39, 0.29) is 5.91 Å². The first-order chi connectivity index (χ1) is 9.77. The van der Waals surface area contributed by atoms with Crippen LogP contribution in [0.15, 0.2) is 18.3 Å². The molecule has 1 aliphatic carbocycles. The summed E-state index contributed by atoms with van der Waals surface area (Å²) in [6.07, 6.45) is 9.66. The molecule has 4 nitrogen and oxygen atoms in total. The molecule has 0 aromatic carbocycles. The molecule has 0 aliphatic heterocycles. The largest absolute Gasteiger partial charge is 0.351 e. The Bertz CT molecular complexity index is 425. The maximum absolute atomic E-state index is 12.0. The van der Waals surface area contributed by atoms with Crippen molar-refractivity contribution in [2.45, 2.75) is 51.5 Å². The molecule has 0 radical (unpaired) electrons. The number of amides is 1. The van der Waals surface area contributed by atoms with Crippen LogP contribution in [-0.2, 0) is 0 Å². The molecular weight excluding hydrogens is 250 g/mol. The first kappa shape index (κ1) is 15.0. The third-order valence-electron chi connectivity index (χ3n) is 3.95. The number of hydrogen-bond acceptors (Lipinski definition) is 3. The fraction of sp³-hybridized carbons (Fsp3) is 0.625. The lowest BCUT2D eigenvalue weighted by atomic mass is 10.1. The topological polar surface area (TPSA) is 54.0 Å². The SMILES string of the molecule is Cc1ncccc1C(=O)NCCNC1CCCCCC1. The summed E-state index contributed by atoms with van der Waals surface area (Å²) in [5.41, 5.74) is 1.45. The molecule has 0 saturated heterocycles. The number of pyridine rings is 1. The molecule has 2 rings (SSSR count). The molecule has 4 heteroatoms. The van der Waals surface area contributed by atoms with Gasteiger partial charge in [0.1, 0.15) is 0 Å². The maximum Gasteiger partial charge on any atom is 0.253 e. The number of aromatic nitrogens is 1. The van der Waals surface area contributed by atoms with Gasteiger partial charge >= 0.3 is 0 Å². The lowest BCUT2D eigenvalue weighted by molar-refractivity contribution is 0.0952. The minimum atomic E-state index is -0.0294. The molecule has 20 heavy (non-hydrogen) atoms. The summed E-state index contributed by atoms with van der Waals surface area (Å²) >= 11 is 0. The minimum absolute atomic E-state index is 0.0294. The van der Waals surface area contributed by atoms with Crippen molar-refractivity contribution in [2.24, 2.45) is 0 Å². The van der Waals surface area contributed by atoms with E-state index >= 15 is 0 Å². The average molecular weight is 275 g/mol. The maximum atomic E-state index is 12.0. The van der Waals surface area contributed by atoms with Crippen molar-refractivity contribution in [1.82, 2.24) is 15.6 Å². The Hall–Kier alpha value is -1.42. The predicted octanol–water partition coefficient (Wildman–Crippen LogP) is 2.43. The van der Waals surface area contributed by atoms with Gasteiger partial charge in [0.2, 0.25) is 0 Å². The van der Waals surface area contributed by atoms with E-state index in [1.807, 2.05) is 13.0 Å². The molecule has 0 bridgehead atoms. The fourth-order valence-electron chi connectivity index (χ4n) is 2.76. The quantitative estimate of drug-likeness (QED) is 0.641. The molecule has 1 aromatic heterocycles. The van der Waals surface area contributed by atoms with Gasteiger partial charge in [-0.2, -0.15) is 0 Å². The second-order valence-corrected chi connectivity index (χ2v) is 5.53. The summed E-state index contributed by atoms with van der Waals surface area (Å²) in [4.78, 5) is 16.1. The zero-order valence-corrected chi connectivity index (χ0v) is 12.3. The third kappa shape index (κ3) is 4.60. The Balaban J connectivity index is 1.68. The van der Waals surface area contributed by atoms with Crippen LogP contribution in [0.25, 0.3) is 0 Å². The summed E-state index contributed by atoms with van der Waals surface area (Å²) in [7, 11) is 0. The molecule has 1 aromatic rings. The van der Waals surface area contributed by atoms with E-state index in [0.29, 0.717) is 18.2 Å². The van der Waals surface area contributed by atoms with Gasteiger partial charge in [0.05, 0.1) is 5.56 Å². The number of rotatable bonds is 5. The first-order valence-electron chi connectivity index (χ1n) is 7.70. The van der Waals surface area contributed by atoms with Crippen LogP contribution in [0, 0.1) is 6.92 Å². The Morgan fingerprint density at radius 3 is 2.70 bits per heavy atom. The van der Waals surface area contributed by atoms with E-state index in [1.54, 1.807) is 12.3 Å². The molecule has 1 heterocycles. The molecule has 0 atom stereocenters. The van der Waals surface area contributed by atoms with E-state index < -0.39 is 0 Å². The zero-order chi connectivity index (χ0) is 14.2. The highest BCUT2D eigenvalue weighted by atomic mass is 16.1. The van der Waals surface area contributed by atoms with Crippen LogP contribution >= 0.6 is 0 Å². The highest BCUT2D eigenvalue weighted by Crippen LogP contribution is 2.16. The number of hydrogen-bond donors (Lipinski definition) is 2. The van der Waals surface area contributed by atoms with E-state index in [0.717, 1.165) is 12.2 Å². The van der Waals surface area contributed by atoms with Crippen molar-refractivity contribution in [3.63, 3.8) is 0 Å². The van der Waals surface area contributed by atoms with Gasteiger partial charge in [0, 0.05) is 31.0 Å². The van der Waals surface area contributed by atoms with Crippen LogP contribution in [0.1, 0.15) is 54.6 Å². The minimum Gasteiger partial charge on any atom is -0.351 e. The average Bonchev–Trinajstić information content (AvgIpc) is 2.72. The van der Waals surface area contributed by atoms with Crippen LogP contribution in [0.5, 0.6) is 0 Å². The lowest BCUT2D eigenvalue weighted by Crippen LogP contribution is -2.37. The normalized spacial score (nSPS) is 16.6. The van der Waals surface area contributed by atoms with Crippen molar-refractivity contribution < 1.29 is 4.79 Å². The van der Waals surface area contributed by atoms with E-state index in [4.69, 9.17) is 0 Å². The molecule has 1 aliphatic rings. The van der Waals surface area contributed by atoms with E-state index in [2.05, 4.69) is 15.6 Å². The van der Waals surface area contributed by atoms with Gasteiger partial charge in [-0.25, -0.2) is 0 Å². The summed E-state index contributed by atoms with van der Waals surface area (Å²) in [6.45, 7) is 3.37. The highest BCUT2D eigenvalue weighted by Gasteiger charge is 2.12. The van der Waals surface area contributed by atoms with Crippen molar-refractivity contribution in [2.75, 3.05) is 13.1 Å². The number of carbonyl (C=O) groups is 1. The van der Waals surface area contributed by atoms with Crippen LogP contribution < -0.4 is 10.6 Å². The second kappa shape index (κ2) is 8.00. The molecule has 110 valence electrons. The Labute approximate surface area is 121 Å². The van der Waals surface area contributed by atoms with Crippen molar-refractivity contribution in [3.8, 4) is 0 Å². The van der Waals surface area contributed by atoms with E-state index in [9.17, 15) is 4.79 Å². The lowest BCUT2D eigenvalue weighted by Gasteiger charge is -2.16. The molecule has 1 fully saturated rings. The zero-order valence-electron chi connectivity index (χ0n) is 12.3. The Morgan fingerprint density at radius 2 is 2.00 bits per heavy atom. The van der Waals surface area contributed by atoms with Gasteiger partial charge in [0.15, 0.2) is 0 Å². The summed E-state index contributed by atoms with van der Waals surface area (Å²) in [5.74, 6) is -0.0294. The molecule has 2 N–H and O–H groups in total. The van der Waals surface area contributed by atoms with Crippen molar-refractivity contribution >= 4 is 5.91 Å². The molecule has 0 unspecified atom stereocenters. The van der Waals surface area contributed by atoms with Crippen LogP contribution in [0.3, 0.4) is 0 Å². The van der Waals surface area contributed by atoms with Crippen LogP contribution in [-0.4, -0.2) is 30.0 Å². The standard InChI is InChI=1S/C16H25N3O/c1-13-15(9-6-10-17-13)16(20)19-12-11-18-14-7-4-2-3-5-8-14/h6,9-10,14,18H,2-5,7-8,11-12H2,1H3,(H,19,20). The van der Waals surface area contributed by atoms with E-state index in [1.165, 1.54) is 38.5 Å². The summed E-state index contributed by atoms with van der Waals surface area (Å²) < 4.78 is 0. The van der Waals surface area contributed by atoms with Crippen molar-refractivity contribution in [1.29, 1.82) is 0 Å². The number of carbonyl (C=O) groups excluding carboxylic acids is 1. The molecule has 1 amide bonds. The third-order valence-corrected chi connectivity index (χ3v) is 3.95. The van der Waals surface area contributed by atoms with Crippen LogP contribution in [0.4, 0.5) is 0 Å². The van der Waals surface area contributed by atoms with Gasteiger partial charge in [-0.1, -0.05) is 25.7 Å². The predicted molar refractivity (Wildman–Crippen MR) is 80.8 cm³/mol. The second-order valence-electron chi connectivity index (χ2n) is 5.53. The van der Waals surface area contributed by atoms with Gasteiger partial charge in [0.25, 0.3) is 5.91 Å². The Morgan fingerprint density at radius 1 is 1.25 bits per heavy atom. The van der Waals surface area contributed by atoms with Gasteiger partial charge in [-0.05, 0) is 31.9 Å². The number of nitrogens with zero attached hydrogens (tertiary/aromatic N) is 1. The number of nitrogens with one attached hydrogen (secondary N) is 2. The molecular formula is C16H25N3O. The van der Waals surface area contributed by atoms with Gasteiger partial charge < -0.3 is 10.6 Å². The van der Waals surface area contributed by atoms with Crippen LogP contribution in [0.2, 0.25) is 0 Å². The fourth-order valence-corrected chi connectivity index (χ4v) is 2.76. The first-order valence-corrected chi connectivity index (χ1v) is 7.70. The summed E-state index contributed by atoms with van der Waals surface area (Å²) in [5, 5.41) is 6.51.